The van der Waals surface area contributed by atoms with Crippen LogP contribution in [-0.2, 0) is 6.42 Å². The van der Waals surface area contributed by atoms with Crippen molar-refractivity contribution in [3.63, 3.8) is 0 Å². The highest BCUT2D eigenvalue weighted by Gasteiger charge is 2.00. The second-order valence-electron chi connectivity index (χ2n) is 3.10. The van der Waals surface area contributed by atoms with Crippen molar-refractivity contribution in [2.75, 3.05) is 5.88 Å². The molecule has 3 heteroatoms. The van der Waals surface area contributed by atoms with Gasteiger partial charge in [0.15, 0.2) is 0 Å². The van der Waals surface area contributed by atoms with Gasteiger partial charge in [-0.1, -0.05) is 29.8 Å². The van der Waals surface area contributed by atoms with Crippen LogP contribution in [0, 0.1) is 6.92 Å². The summed E-state index contributed by atoms with van der Waals surface area (Å²) in [6.45, 7) is 2.07. The number of benzene rings is 1. The highest BCUT2D eigenvalue weighted by molar-refractivity contribution is 6.18. The smallest absolute Gasteiger partial charge is 0.0378 e. The molecule has 0 saturated carbocycles. The van der Waals surface area contributed by atoms with Crippen LogP contribution < -0.4 is 5.73 Å². The van der Waals surface area contributed by atoms with Crippen molar-refractivity contribution in [1.29, 1.82) is 0 Å². The summed E-state index contributed by atoms with van der Waals surface area (Å²) >= 11 is 5.61. The fourth-order valence-corrected chi connectivity index (χ4v) is 1.19. The Morgan fingerprint density at radius 2 is 1.85 bits per heavy atom. The van der Waals surface area contributed by atoms with Crippen molar-refractivity contribution in [1.82, 2.24) is 0 Å². The lowest BCUT2D eigenvalue weighted by molar-refractivity contribution is 0.745. The average molecular weight is 220 g/mol. The molecule has 1 atom stereocenters. The summed E-state index contributed by atoms with van der Waals surface area (Å²) in [5, 5.41) is 0. The van der Waals surface area contributed by atoms with E-state index in [2.05, 4.69) is 31.2 Å². The molecule has 1 rings (SSSR count). The molecule has 0 aromatic heterocycles. The second-order valence-corrected chi connectivity index (χ2v) is 3.41. The first-order chi connectivity index (χ1) is 5.72. The monoisotopic (exact) mass is 219 g/mol. The number of hydrogen-bond acceptors (Lipinski definition) is 1. The molecule has 1 nitrogen and oxygen atoms in total. The van der Waals surface area contributed by atoms with Crippen molar-refractivity contribution in [3.05, 3.63) is 35.4 Å². The second kappa shape index (κ2) is 6.25. The molecule has 0 heterocycles. The van der Waals surface area contributed by atoms with E-state index in [0.717, 1.165) is 6.42 Å². The topological polar surface area (TPSA) is 26.0 Å². The third kappa shape index (κ3) is 4.51. The van der Waals surface area contributed by atoms with E-state index in [0.29, 0.717) is 5.88 Å². The normalized spacial score (nSPS) is 11.9. The summed E-state index contributed by atoms with van der Waals surface area (Å²) in [5.41, 5.74) is 8.25. The van der Waals surface area contributed by atoms with E-state index in [-0.39, 0.29) is 18.4 Å². The average Bonchev–Trinajstić information content (AvgIpc) is 2.09. The predicted molar refractivity (Wildman–Crippen MR) is 60.8 cm³/mol. The van der Waals surface area contributed by atoms with Gasteiger partial charge in [-0.2, -0.15) is 0 Å². The summed E-state index contributed by atoms with van der Waals surface area (Å²) in [5.74, 6) is 0.522. The lowest BCUT2D eigenvalue weighted by Gasteiger charge is -2.07. The fourth-order valence-electron chi connectivity index (χ4n) is 1.08. The maximum atomic E-state index is 5.71. The number of halogens is 2. The first-order valence-corrected chi connectivity index (χ1v) is 4.63. The third-order valence-electron chi connectivity index (χ3n) is 1.82. The van der Waals surface area contributed by atoms with Gasteiger partial charge in [-0.15, -0.1) is 24.0 Å². The van der Waals surface area contributed by atoms with E-state index in [1.54, 1.807) is 0 Å². The molecule has 0 spiro atoms. The Labute approximate surface area is 90.7 Å². The molecular weight excluding hydrogens is 205 g/mol. The number of aryl methyl sites for hydroxylation is 1. The van der Waals surface area contributed by atoms with Crippen molar-refractivity contribution in [3.8, 4) is 0 Å². The zero-order valence-corrected chi connectivity index (χ0v) is 9.24. The standard InChI is InChI=1S/C10H14ClN.ClH/c1-8-2-4-9(5-3-8)6-10(12)7-11;/h2-5,10H,6-7,12H2,1H3;1H/t10-;/m1./s1. The highest BCUT2D eigenvalue weighted by atomic mass is 35.5. The molecule has 0 amide bonds. The molecule has 2 N–H and O–H groups in total. The summed E-state index contributed by atoms with van der Waals surface area (Å²) in [4.78, 5) is 0. The Morgan fingerprint density at radius 1 is 1.31 bits per heavy atom. The van der Waals surface area contributed by atoms with Crippen LogP contribution in [0.25, 0.3) is 0 Å². The van der Waals surface area contributed by atoms with Crippen LogP contribution in [0.1, 0.15) is 11.1 Å². The van der Waals surface area contributed by atoms with E-state index in [1.165, 1.54) is 11.1 Å². The van der Waals surface area contributed by atoms with Gasteiger partial charge in [0.2, 0.25) is 0 Å². The molecule has 0 saturated heterocycles. The first kappa shape index (κ1) is 12.8. The van der Waals surface area contributed by atoms with Crippen molar-refractivity contribution in [2.45, 2.75) is 19.4 Å². The number of nitrogens with two attached hydrogens (primary N) is 1. The molecule has 0 aliphatic carbocycles. The largest absolute Gasteiger partial charge is 0.326 e. The fraction of sp³-hybridized carbons (Fsp3) is 0.400. The SMILES string of the molecule is Cc1ccc(C[C@@H](N)CCl)cc1.Cl. The molecule has 0 fully saturated rings. The Morgan fingerprint density at radius 3 is 2.31 bits per heavy atom. The van der Waals surface area contributed by atoms with Gasteiger partial charge in [0.25, 0.3) is 0 Å². The van der Waals surface area contributed by atoms with Gasteiger partial charge in [0.05, 0.1) is 0 Å². The van der Waals surface area contributed by atoms with Crippen LogP contribution in [0.3, 0.4) is 0 Å². The lowest BCUT2D eigenvalue weighted by Crippen LogP contribution is -2.24. The van der Waals surface area contributed by atoms with Crippen LogP contribution in [0.2, 0.25) is 0 Å². The predicted octanol–water partition coefficient (Wildman–Crippen LogP) is 2.53. The Kier molecular flexibility index (Phi) is 6.13. The van der Waals surface area contributed by atoms with E-state index < -0.39 is 0 Å². The zero-order chi connectivity index (χ0) is 8.97. The zero-order valence-electron chi connectivity index (χ0n) is 7.66. The van der Waals surface area contributed by atoms with Crippen LogP contribution in [0.15, 0.2) is 24.3 Å². The maximum absolute atomic E-state index is 5.71. The molecule has 0 bridgehead atoms. The van der Waals surface area contributed by atoms with Gasteiger partial charge in [-0.25, -0.2) is 0 Å². The van der Waals surface area contributed by atoms with Gasteiger partial charge in [0, 0.05) is 11.9 Å². The van der Waals surface area contributed by atoms with Gasteiger partial charge in [-0.3, -0.25) is 0 Å². The quantitative estimate of drug-likeness (QED) is 0.778. The molecular formula is C10H15Cl2N. The molecule has 1 aromatic rings. The summed E-state index contributed by atoms with van der Waals surface area (Å²) in [6, 6.07) is 8.46. The maximum Gasteiger partial charge on any atom is 0.0378 e. The summed E-state index contributed by atoms with van der Waals surface area (Å²) < 4.78 is 0. The Balaban J connectivity index is 0.00000144. The minimum atomic E-state index is 0. The molecule has 74 valence electrons. The van der Waals surface area contributed by atoms with E-state index in [4.69, 9.17) is 17.3 Å². The van der Waals surface area contributed by atoms with Crippen LogP contribution in [-0.4, -0.2) is 11.9 Å². The molecule has 0 unspecified atom stereocenters. The van der Waals surface area contributed by atoms with Crippen molar-refractivity contribution < 1.29 is 0 Å². The van der Waals surface area contributed by atoms with Gasteiger partial charge in [-0.05, 0) is 18.9 Å². The minimum Gasteiger partial charge on any atom is -0.326 e. The number of hydrogen-bond donors (Lipinski definition) is 1. The molecule has 0 aliphatic heterocycles. The van der Waals surface area contributed by atoms with Gasteiger partial charge < -0.3 is 5.73 Å². The van der Waals surface area contributed by atoms with Crippen LogP contribution >= 0.6 is 24.0 Å². The van der Waals surface area contributed by atoms with Gasteiger partial charge >= 0.3 is 0 Å². The van der Waals surface area contributed by atoms with E-state index in [9.17, 15) is 0 Å². The molecule has 13 heavy (non-hydrogen) atoms. The Hall–Kier alpha value is -0.240. The third-order valence-corrected chi connectivity index (χ3v) is 2.21. The summed E-state index contributed by atoms with van der Waals surface area (Å²) in [6.07, 6.45) is 0.865. The van der Waals surface area contributed by atoms with Crippen LogP contribution in [0.4, 0.5) is 0 Å². The lowest BCUT2D eigenvalue weighted by atomic mass is 10.1. The highest BCUT2D eigenvalue weighted by Crippen LogP contribution is 2.05. The minimum absolute atomic E-state index is 0. The first-order valence-electron chi connectivity index (χ1n) is 4.09. The van der Waals surface area contributed by atoms with Crippen molar-refractivity contribution >= 4 is 24.0 Å². The van der Waals surface area contributed by atoms with Crippen molar-refractivity contribution in [2.24, 2.45) is 5.73 Å². The number of alkyl halides is 1. The Bertz CT molecular complexity index is 233. The van der Waals surface area contributed by atoms with Crippen LogP contribution in [0.5, 0.6) is 0 Å². The molecule has 0 radical (unpaired) electrons. The van der Waals surface area contributed by atoms with Gasteiger partial charge in [0.1, 0.15) is 0 Å². The van der Waals surface area contributed by atoms with E-state index >= 15 is 0 Å². The molecule has 1 aromatic carbocycles. The molecule has 0 aliphatic rings. The van der Waals surface area contributed by atoms with E-state index in [1.807, 2.05) is 0 Å². The summed E-state index contributed by atoms with van der Waals surface area (Å²) in [7, 11) is 0. The number of rotatable bonds is 3.